The van der Waals surface area contributed by atoms with Gasteiger partial charge in [-0.15, -0.1) is 0 Å². The second-order valence-corrected chi connectivity index (χ2v) is 18.5. The molecule has 9 rings (SSSR count). The molecule has 354 valence electrons. The van der Waals surface area contributed by atoms with E-state index >= 15 is 19.2 Å². The fraction of sp³-hybridized carbons (Fsp3) is 0.339. The summed E-state index contributed by atoms with van der Waals surface area (Å²) in [6, 6.07) is 32.5. The number of nitrogens with one attached hydrogen (secondary N) is 1. The van der Waals surface area contributed by atoms with Gasteiger partial charge in [0.1, 0.15) is 35.1 Å². The summed E-state index contributed by atoms with van der Waals surface area (Å²) in [5.41, 5.74) is 1.58. The van der Waals surface area contributed by atoms with Gasteiger partial charge in [-0.05, 0) is 95.6 Å². The lowest BCUT2D eigenvalue weighted by Gasteiger charge is -2.46. The van der Waals surface area contributed by atoms with Gasteiger partial charge in [-0.1, -0.05) is 118 Å². The molecule has 13 nitrogen and oxygen atoms in total. The number of imide groups is 1. The molecule has 5 aromatic carbocycles. The second kappa shape index (κ2) is 19.7. The monoisotopic (exact) mass is 928 g/mol. The van der Waals surface area contributed by atoms with E-state index in [2.05, 4.69) is 17.2 Å². The molecule has 0 saturated carbocycles. The van der Waals surface area contributed by atoms with E-state index in [-0.39, 0.29) is 11.4 Å². The van der Waals surface area contributed by atoms with Crippen LogP contribution in [-0.4, -0.2) is 84.1 Å². The molecule has 0 unspecified atom stereocenters. The summed E-state index contributed by atoms with van der Waals surface area (Å²) < 4.78 is 17.1. The highest BCUT2D eigenvalue weighted by Gasteiger charge is 2.76. The van der Waals surface area contributed by atoms with E-state index in [4.69, 9.17) is 14.2 Å². The molecule has 13 heteroatoms. The van der Waals surface area contributed by atoms with Crippen LogP contribution in [0.3, 0.4) is 0 Å². The minimum atomic E-state index is -2.03. The number of phenolic OH excluding ortho intramolecular Hbond substituents is 1. The maximum atomic E-state index is 16.7. The number of methoxy groups -OCH3 is 2. The third-order valence-electron chi connectivity index (χ3n) is 14.1. The Labute approximate surface area is 402 Å². The maximum absolute atomic E-state index is 16.7. The average Bonchev–Trinajstić information content (AvgIpc) is 3.81. The normalized spacial score (nSPS) is 23.7. The molecular weight excluding hydrogens is 873 g/mol. The summed E-state index contributed by atoms with van der Waals surface area (Å²) in [6.07, 6.45) is 3.38. The fourth-order valence-corrected chi connectivity index (χ4v) is 10.9. The van der Waals surface area contributed by atoms with Crippen LogP contribution < -0.4 is 15.0 Å². The summed E-state index contributed by atoms with van der Waals surface area (Å²) in [5.74, 6) is 2.65. The standard InChI is InChI=1S/C56H56N4O9/c1-35(2)46(52(63)68-4)57-55(66)59-44-31-24-37(21-20-36-22-29-42(67-3)30-23-36)34-43(44)56(54(59)65)45(51(62)58-32-14-6-5-7-15-33-58)48-53(64)69-49(39-18-12-9-13-19-39)47(38-16-10-8-11-17-38)60(48)50(56)40-25-27-41(61)28-26-40/h8-13,16-19,22-31,34-35,45-50,61H,5-7,14-15,32-33H2,1-4H3,(H,57,66)/t45-,46+,47-,48-,49+,50+,56-/m1/s1. The molecule has 1 spiro atoms. The van der Waals surface area contributed by atoms with Crippen molar-refractivity contribution < 1.29 is 43.3 Å². The number of nitrogens with zero attached hydrogens (tertiary/aromatic N) is 3. The van der Waals surface area contributed by atoms with Crippen molar-refractivity contribution in [3.8, 4) is 23.3 Å². The summed E-state index contributed by atoms with van der Waals surface area (Å²) in [5, 5.41) is 13.6. The lowest BCUT2D eigenvalue weighted by Crippen LogP contribution is -2.58. The van der Waals surface area contributed by atoms with Crippen LogP contribution in [0.2, 0.25) is 0 Å². The largest absolute Gasteiger partial charge is 0.508 e. The summed E-state index contributed by atoms with van der Waals surface area (Å²) >= 11 is 0. The van der Waals surface area contributed by atoms with Gasteiger partial charge in [0.05, 0.1) is 37.9 Å². The maximum Gasteiger partial charge on any atom is 0.329 e. The van der Waals surface area contributed by atoms with Crippen LogP contribution in [0.25, 0.3) is 0 Å². The Bertz CT molecular complexity index is 2780. The number of phenols is 1. The molecular formula is C56H56N4O9. The first kappa shape index (κ1) is 46.7. The summed E-state index contributed by atoms with van der Waals surface area (Å²) in [7, 11) is 2.81. The first-order valence-electron chi connectivity index (χ1n) is 23.7. The van der Waals surface area contributed by atoms with E-state index in [0.29, 0.717) is 46.7 Å². The van der Waals surface area contributed by atoms with E-state index in [9.17, 15) is 9.90 Å². The van der Waals surface area contributed by atoms with Crippen LogP contribution in [0, 0.1) is 23.7 Å². The average molecular weight is 929 g/mol. The molecule has 69 heavy (non-hydrogen) atoms. The molecule has 0 aliphatic carbocycles. The number of rotatable bonds is 8. The van der Waals surface area contributed by atoms with Crippen molar-refractivity contribution >= 4 is 35.5 Å². The molecule has 0 bridgehead atoms. The highest BCUT2D eigenvalue weighted by molar-refractivity contribution is 6.25. The number of esters is 2. The van der Waals surface area contributed by atoms with Gasteiger partial charge in [0.25, 0.3) is 0 Å². The molecule has 4 aliphatic rings. The number of hydrogen-bond acceptors (Lipinski definition) is 10. The molecule has 3 saturated heterocycles. The third-order valence-corrected chi connectivity index (χ3v) is 14.1. The van der Waals surface area contributed by atoms with E-state index in [1.807, 2.05) is 77.7 Å². The Morgan fingerprint density at radius 1 is 0.739 bits per heavy atom. The zero-order chi connectivity index (χ0) is 48.4. The van der Waals surface area contributed by atoms with Gasteiger partial charge >= 0.3 is 18.0 Å². The van der Waals surface area contributed by atoms with Crippen LogP contribution in [0.15, 0.2) is 127 Å². The third kappa shape index (κ3) is 8.48. The SMILES string of the molecule is COC(=O)[C@@H](NC(=O)N1C(=O)[C@@]2(c3cc(C#Cc4ccc(OC)cc4)ccc31)[C@H](c1ccc(O)cc1)N1[C@H](c3ccccc3)[C@H](c3ccccc3)OC(=O)[C@H]1[C@@H]2C(=O)N1CCCCCCC1)C(C)C. The predicted molar refractivity (Wildman–Crippen MR) is 258 cm³/mol. The van der Waals surface area contributed by atoms with Crippen molar-refractivity contribution in [3.05, 3.63) is 161 Å². The number of anilines is 1. The number of morpholine rings is 1. The minimum Gasteiger partial charge on any atom is -0.508 e. The fourth-order valence-electron chi connectivity index (χ4n) is 10.9. The summed E-state index contributed by atoms with van der Waals surface area (Å²) in [6.45, 7) is 4.31. The number of amides is 4. The smallest absolute Gasteiger partial charge is 0.329 e. The lowest BCUT2D eigenvalue weighted by atomic mass is 9.64. The number of ether oxygens (including phenoxy) is 3. The molecule has 3 fully saturated rings. The van der Waals surface area contributed by atoms with Crippen molar-refractivity contribution in [2.75, 3.05) is 32.2 Å². The lowest BCUT2D eigenvalue weighted by molar-refractivity contribution is -0.179. The van der Waals surface area contributed by atoms with Gasteiger partial charge in [-0.25, -0.2) is 14.5 Å². The molecule has 4 heterocycles. The van der Waals surface area contributed by atoms with Crippen LogP contribution in [0.5, 0.6) is 11.5 Å². The molecule has 2 N–H and O–H groups in total. The first-order valence-corrected chi connectivity index (χ1v) is 23.7. The van der Waals surface area contributed by atoms with Gasteiger partial charge in [-0.3, -0.25) is 19.3 Å². The van der Waals surface area contributed by atoms with Crippen LogP contribution in [0.4, 0.5) is 10.5 Å². The van der Waals surface area contributed by atoms with Gasteiger partial charge in [0.2, 0.25) is 11.8 Å². The first-order chi connectivity index (χ1) is 33.5. The van der Waals surface area contributed by atoms with Crippen LogP contribution in [-0.2, 0) is 34.1 Å². The minimum absolute atomic E-state index is 0.0341. The van der Waals surface area contributed by atoms with Crippen LogP contribution in [0.1, 0.15) is 97.5 Å². The zero-order valence-electron chi connectivity index (χ0n) is 39.2. The number of likely N-dealkylation sites (tertiary alicyclic amines) is 1. The Balaban J connectivity index is 1.35. The number of urea groups is 1. The number of cyclic esters (lactones) is 1. The van der Waals surface area contributed by atoms with Crippen molar-refractivity contribution in [1.29, 1.82) is 0 Å². The number of carbonyl (C=O) groups is 5. The van der Waals surface area contributed by atoms with Gasteiger partial charge < -0.3 is 29.5 Å². The van der Waals surface area contributed by atoms with Gasteiger partial charge in [-0.2, -0.15) is 0 Å². The Hall–Kier alpha value is -7.43. The number of benzene rings is 5. The number of aromatic hydroxyl groups is 1. The molecule has 0 aromatic heterocycles. The van der Waals surface area contributed by atoms with Crippen molar-refractivity contribution in [2.24, 2.45) is 11.8 Å². The predicted octanol–water partition coefficient (Wildman–Crippen LogP) is 8.17. The topological polar surface area (TPSA) is 155 Å². The van der Waals surface area contributed by atoms with E-state index in [1.54, 1.807) is 68.3 Å². The van der Waals surface area contributed by atoms with Crippen LogP contribution >= 0.6 is 0 Å². The zero-order valence-corrected chi connectivity index (χ0v) is 39.2. The summed E-state index contributed by atoms with van der Waals surface area (Å²) in [4.78, 5) is 81.5. The van der Waals surface area contributed by atoms with Gasteiger partial charge in [0.15, 0.2) is 0 Å². The Morgan fingerprint density at radius 3 is 1.97 bits per heavy atom. The molecule has 5 aromatic rings. The van der Waals surface area contributed by atoms with Crippen molar-refractivity contribution in [1.82, 2.24) is 15.1 Å². The quantitative estimate of drug-likeness (QED) is 0.115. The molecule has 7 atom stereocenters. The van der Waals surface area contributed by atoms with Crippen molar-refractivity contribution in [3.63, 3.8) is 0 Å². The molecule has 0 radical (unpaired) electrons. The number of carbonyl (C=O) groups excluding carboxylic acids is 5. The number of hydrogen-bond donors (Lipinski definition) is 2. The van der Waals surface area contributed by atoms with E-state index < -0.39 is 77.3 Å². The molecule has 4 aliphatic heterocycles. The van der Waals surface area contributed by atoms with E-state index in [1.165, 1.54) is 19.2 Å². The number of fused-ring (bicyclic) bond motifs is 3. The van der Waals surface area contributed by atoms with E-state index in [0.717, 1.165) is 42.6 Å². The second-order valence-electron chi connectivity index (χ2n) is 18.5. The highest BCUT2D eigenvalue weighted by Crippen LogP contribution is 2.66. The Kier molecular flexibility index (Phi) is 13.3. The Morgan fingerprint density at radius 2 is 1.35 bits per heavy atom. The van der Waals surface area contributed by atoms with Gasteiger partial charge in [0, 0.05) is 24.2 Å². The highest BCUT2D eigenvalue weighted by atomic mass is 16.6. The van der Waals surface area contributed by atoms with Crippen molar-refractivity contribution in [2.45, 2.75) is 81.6 Å². The molecule has 4 amide bonds.